The molecule has 0 heterocycles. The van der Waals surface area contributed by atoms with Gasteiger partial charge in [0.15, 0.2) is 0 Å². The number of nitrogens with two attached hydrogens (primary N) is 1. The minimum atomic E-state index is -3.02. The van der Waals surface area contributed by atoms with E-state index in [1.54, 1.807) is 7.05 Å². The minimum Gasteiger partial charge on any atom is -0.345 e. The number of hydrogen-bond acceptors (Lipinski definition) is 4. The average Bonchev–Trinajstić information content (AvgIpc) is 2.29. The predicted octanol–water partition coefficient (Wildman–Crippen LogP) is 0.891. The molecule has 114 valence electrons. The zero-order valence-electron chi connectivity index (χ0n) is 12.6. The SMILES string of the molecule is CC(C)C(CCN)CCC(=O)N(C)CCS(C)(=O)=O. The third-order valence-corrected chi connectivity index (χ3v) is 4.36. The van der Waals surface area contributed by atoms with E-state index in [1.807, 2.05) is 0 Å². The predicted molar refractivity (Wildman–Crippen MR) is 78.6 cm³/mol. The number of sulfone groups is 1. The zero-order chi connectivity index (χ0) is 15.1. The van der Waals surface area contributed by atoms with Crippen molar-refractivity contribution in [1.29, 1.82) is 0 Å². The summed E-state index contributed by atoms with van der Waals surface area (Å²) in [6.07, 6.45) is 3.39. The van der Waals surface area contributed by atoms with Gasteiger partial charge in [0, 0.05) is 26.3 Å². The third-order valence-electron chi connectivity index (χ3n) is 3.43. The second-order valence-corrected chi connectivity index (χ2v) is 7.83. The van der Waals surface area contributed by atoms with E-state index in [1.165, 1.54) is 11.2 Å². The van der Waals surface area contributed by atoms with E-state index < -0.39 is 9.84 Å². The van der Waals surface area contributed by atoms with Gasteiger partial charge in [-0.05, 0) is 31.2 Å². The fourth-order valence-electron chi connectivity index (χ4n) is 1.95. The Kier molecular flexibility index (Phi) is 8.25. The van der Waals surface area contributed by atoms with E-state index >= 15 is 0 Å². The molecule has 0 spiro atoms. The molecule has 0 aliphatic carbocycles. The van der Waals surface area contributed by atoms with Crippen LogP contribution in [0.15, 0.2) is 0 Å². The van der Waals surface area contributed by atoms with Gasteiger partial charge in [0.1, 0.15) is 9.84 Å². The summed E-state index contributed by atoms with van der Waals surface area (Å²) in [4.78, 5) is 13.4. The van der Waals surface area contributed by atoms with Crippen LogP contribution in [0, 0.1) is 11.8 Å². The fraction of sp³-hybridized carbons (Fsp3) is 0.923. The molecule has 1 unspecified atom stereocenters. The number of carbonyl (C=O) groups excluding carboxylic acids is 1. The van der Waals surface area contributed by atoms with Crippen LogP contribution in [0.3, 0.4) is 0 Å². The molecule has 0 rings (SSSR count). The second kappa shape index (κ2) is 8.53. The molecule has 1 amide bonds. The molecule has 0 fully saturated rings. The Bertz CT molecular complexity index is 366. The van der Waals surface area contributed by atoms with E-state index in [0.717, 1.165) is 12.8 Å². The summed E-state index contributed by atoms with van der Waals surface area (Å²) in [5.74, 6) is 0.993. The summed E-state index contributed by atoms with van der Waals surface area (Å²) in [6, 6.07) is 0. The van der Waals surface area contributed by atoms with Crippen molar-refractivity contribution in [3.63, 3.8) is 0 Å². The second-order valence-electron chi connectivity index (χ2n) is 5.57. The molecule has 0 aliphatic rings. The van der Waals surface area contributed by atoms with Gasteiger partial charge >= 0.3 is 0 Å². The molecule has 0 aromatic rings. The molecular formula is C13H28N2O3S. The first-order chi connectivity index (χ1) is 8.67. The van der Waals surface area contributed by atoms with Crippen LogP contribution in [-0.2, 0) is 14.6 Å². The topological polar surface area (TPSA) is 80.5 Å². The van der Waals surface area contributed by atoms with Crippen LogP contribution >= 0.6 is 0 Å². The van der Waals surface area contributed by atoms with Gasteiger partial charge in [-0.25, -0.2) is 8.42 Å². The smallest absolute Gasteiger partial charge is 0.222 e. The third kappa shape index (κ3) is 8.99. The molecule has 0 aromatic heterocycles. The van der Waals surface area contributed by atoms with Gasteiger partial charge in [-0.2, -0.15) is 0 Å². The number of amides is 1. The van der Waals surface area contributed by atoms with Gasteiger partial charge in [-0.1, -0.05) is 13.8 Å². The summed E-state index contributed by atoms with van der Waals surface area (Å²) in [5.41, 5.74) is 5.57. The standard InChI is InChI=1S/C13H28N2O3S/c1-11(2)12(7-8-14)5-6-13(16)15(3)9-10-19(4,17)18/h11-12H,5-10,14H2,1-4H3. The molecular weight excluding hydrogens is 264 g/mol. The van der Waals surface area contributed by atoms with Gasteiger partial charge in [-0.15, -0.1) is 0 Å². The van der Waals surface area contributed by atoms with Crippen molar-refractivity contribution in [2.75, 3.05) is 32.1 Å². The summed E-state index contributed by atoms with van der Waals surface area (Å²) in [7, 11) is -1.36. The molecule has 1 atom stereocenters. The maximum Gasteiger partial charge on any atom is 0.222 e. The maximum atomic E-state index is 11.9. The van der Waals surface area contributed by atoms with Crippen LogP contribution in [0.2, 0.25) is 0 Å². The van der Waals surface area contributed by atoms with Crippen molar-refractivity contribution in [2.45, 2.75) is 33.1 Å². The van der Waals surface area contributed by atoms with Crippen LogP contribution in [0.25, 0.3) is 0 Å². The lowest BCUT2D eigenvalue weighted by Crippen LogP contribution is -2.31. The van der Waals surface area contributed by atoms with Crippen molar-refractivity contribution >= 4 is 15.7 Å². The summed E-state index contributed by atoms with van der Waals surface area (Å²) < 4.78 is 22.1. The molecule has 5 nitrogen and oxygen atoms in total. The quantitative estimate of drug-likeness (QED) is 0.684. The lowest BCUT2D eigenvalue weighted by atomic mass is 9.88. The highest BCUT2D eigenvalue weighted by atomic mass is 32.2. The van der Waals surface area contributed by atoms with Gasteiger partial charge in [-0.3, -0.25) is 4.79 Å². The maximum absolute atomic E-state index is 11.9. The van der Waals surface area contributed by atoms with Crippen LogP contribution in [-0.4, -0.2) is 51.4 Å². The number of hydrogen-bond donors (Lipinski definition) is 1. The van der Waals surface area contributed by atoms with Crippen molar-refractivity contribution in [3.8, 4) is 0 Å². The van der Waals surface area contributed by atoms with Crippen LogP contribution < -0.4 is 5.73 Å². The zero-order valence-corrected chi connectivity index (χ0v) is 13.4. The molecule has 0 radical (unpaired) electrons. The van der Waals surface area contributed by atoms with E-state index in [-0.39, 0.29) is 18.2 Å². The first-order valence-electron chi connectivity index (χ1n) is 6.79. The number of carbonyl (C=O) groups is 1. The van der Waals surface area contributed by atoms with E-state index in [4.69, 9.17) is 5.73 Å². The molecule has 6 heteroatoms. The highest BCUT2D eigenvalue weighted by Gasteiger charge is 2.17. The van der Waals surface area contributed by atoms with E-state index in [2.05, 4.69) is 13.8 Å². The van der Waals surface area contributed by atoms with Crippen molar-refractivity contribution in [1.82, 2.24) is 4.90 Å². The molecule has 2 N–H and O–H groups in total. The number of rotatable bonds is 9. The summed E-state index contributed by atoms with van der Waals surface area (Å²) >= 11 is 0. The Morgan fingerprint density at radius 3 is 2.26 bits per heavy atom. The van der Waals surface area contributed by atoms with Gasteiger partial charge in [0.05, 0.1) is 5.75 Å². The molecule has 19 heavy (non-hydrogen) atoms. The van der Waals surface area contributed by atoms with Crippen LogP contribution in [0.4, 0.5) is 0 Å². The highest BCUT2D eigenvalue weighted by molar-refractivity contribution is 7.90. The minimum absolute atomic E-state index is 0.00585. The Morgan fingerprint density at radius 1 is 1.26 bits per heavy atom. The van der Waals surface area contributed by atoms with Crippen molar-refractivity contribution in [3.05, 3.63) is 0 Å². The van der Waals surface area contributed by atoms with Crippen LogP contribution in [0.1, 0.15) is 33.1 Å². The first-order valence-corrected chi connectivity index (χ1v) is 8.85. The van der Waals surface area contributed by atoms with Crippen LogP contribution in [0.5, 0.6) is 0 Å². The Morgan fingerprint density at radius 2 is 1.84 bits per heavy atom. The summed E-state index contributed by atoms with van der Waals surface area (Å²) in [6.45, 7) is 5.18. The van der Waals surface area contributed by atoms with Crippen molar-refractivity contribution < 1.29 is 13.2 Å². The molecule has 0 aliphatic heterocycles. The Hall–Kier alpha value is -0.620. The van der Waals surface area contributed by atoms with Gasteiger partial charge in [0.25, 0.3) is 0 Å². The number of nitrogens with zero attached hydrogens (tertiary/aromatic N) is 1. The monoisotopic (exact) mass is 292 g/mol. The largest absolute Gasteiger partial charge is 0.345 e. The summed E-state index contributed by atoms with van der Waals surface area (Å²) in [5, 5.41) is 0. The highest BCUT2D eigenvalue weighted by Crippen LogP contribution is 2.20. The average molecular weight is 292 g/mol. The Labute approximate surface area is 117 Å². The molecule has 0 bridgehead atoms. The molecule has 0 saturated carbocycles. The normalized spacial score (nSPS) is 13.6. The van der Waals surface area contributed by atoms with Gasteiger partial charge < -0.3 is 10.6 Å². The van der Waals surface area contributed by atoms with E-state index in [9.17, 15) is 13.2 Å². The fourth-order valence-corrected chi connectivity index (χ4v) is 2.56. The first kappa shape index (κ1) is 18.4. The van der Waals surface area contributed by atoms with Gasteiger partial charge in [0.2, 0.25) is 5.91 Å². The lowest BCUT2D eigenvalue weighted by Gasteiger charge is -2.22. The molecule has 0 aromatic carbocycles. The van der Waals surface area contributed by atoms with E-state index in [0.29, 0.717) is 24.8 Å². The lowest BCUT2D eigenvalue weighted by molar-refractivity contribution is -0.130. The Balaban J connectivity index is 4.14. The molecule has 0 saturated heterocycles. The van der Waals surface area contributed by atoms with Crippen molar-refractivity contribution in [2.24, 2.45) is 17.6 Å².